The Morgan fingerprint density at radius 3 is 2.35 bits per heavy atom. The van der Waals surface area contributed by atoms with E-state index >= 15 is 0 Å². The summed E-state index contributed by atoms with van der Waals surface area (Å²) < 4.78 is 10.6. The van der Waals surface area contributed by atoms with Crippen LogP contribution in [0.3, 0.4) is 0 Å². The van der Waals surface area contributed by atoms with Crippen LogP contribution in [0, 0.1) is 5.92 Å². The molecule has 0 N–H and O–H groups in total. The highest BCUT2D eigenvalue weighted by atomic mass is 32.2. The molecular weight excluding hydrogens is 573 g/mol. The van der Waals surface area contributed by atoms with Gasteiger partial charge in [0, 0.05) is 56.8 Å². The fourth-order valence-corrected chi connectivity index (χ4v) is 9.50. The van der Waals surface area contributed by atoms with E-state index in [0.717, 1.165) is 29.3 Å². The van der Waals surface area contributed by atoms with E-state index in [1.54, 1.807) is 14.2 Å². The van der Waals surface area contributed by atoms with E-state index < -0.39 is 0 Å². The third-order valence-corrected chi connectivity index (χ3v) is 11.5. The minimum atomic E-state index is 0.341. The van der Waals surface area contributed by atoms with E-state index in [2.05, 4.69) is 84.3 Å². The quantitative estimate of drug-likeness (QED) is 0.273. The Morgan fingerprint density at radius 1 is 0.900 bits per heavy atom. The first kappa shape index (κ1) is 28.4. The summed E-state index contributed by atoms with van der Waals surface area (Å²) in [5, 5.41) is 1.67. The molecule has 8 heteroatoms. The van der Waals surface area contributed by atoms with Crippen molar-refractivity contribution in [2.45, 2.75) is 64.5 Å². The number of benzene rings is 2. The number of hydrogen-bond donors (Lipinski definition) is 0. The van der Waals surface area contributed by atoms with Gasteiger partial charge in [0.1, 0.15) is 0 Å². The Kier molecular flexibility index (Phi) is 9.01. The van der Waals surface area contributed by atoms with Crippen molar-refractivity contribution < 1.29 is 8.37 Å². The van der Waals surface area contributed by atoms with Gasteiger partial charge in [0.2, 0.25) is 0 Å². The Morgan fingerprint density at radius 2 is 1.62 bits per heavy atom. The van der Waals surface area contributed by atoms with Crippen molar-refractivity contribution in [2.24, 2.45) is 5.92 Å². The summed E-state index contributed by atoms with van der Waals surface area (Å²) in [6, 6.07) is 13.3. The molecule has 0 bridgehead atoms. The van der Waals surface area contributed by atoms with E-state index in [1.807, 2.05) is 23.5 Å². The van der Waals surface area contributed by atoms with E-state index in [-0.39, 0.29) is 0 Å². The van der Waals surface area contributed by atoms with Crippen LogP contribution in [0.4, 0.5) is 11.4 Å². The van der Waals surface area contributed by atoms with Gasteiger partial charge in [-0.15, -0.1) is 0 Å². The van der Waals surface area contributed by atoms with Gasteiger partial charge in [-0.05, 0) is 111 Å². The molecular formula is C32H36N2O2S4. The lowest BCUT2D eigenvalue weighted by Crippen LogP contribution is -2.27. The van der Waals surface area contributed by atoms with E-state index in [9.17, 15) is 0 Å². The van der Waals surface area contributed by atoms with Crippen LogP contribution in [0.5, 0.6) is 0 Å². The highest BCUT2D eigenvalue weighted by molar-refractivity contribution is 8.03. The molecule has 40 heavy (non-hydrogen) atoms. The molecule has 0 aromatic heterocycles. The summed E-state index contributed by atoms with van der Waals surface area (Å²) in [5.41, 5.74) is 7.06. The summed E-state index contributed by atoms with van der Waals surface area (Å²) in [4.78, 5) is 9.96. The second-order valence-corrected chi connectivity index (χ2v) is 14.4. The minimum Gasteiger partial charge on any atom is -0.355 e. The normalized spacial score (nSPS) is 23.8. The van der Waals surface area contributed by atoms with Crippen molar-refractivity contribution in [1.82, 2.24) is 0 Å². The zero-order valence-corrected chi connectivity index (χ0v) is 26.8. The zero-order valence-electron chi connectivity index (χ0n) is 23.5. The SMILES string of the molecule is CCN1/C(=C\C2=CC3=C/C(=C/C4Sc5ccc(SOC)cc5N4CC)CCC3CC2)Sc2ccc(SOC)cc21. The molecule has 2 aliphatic heterocycles. The van der Waals surface area contributed by atoms with Crippen LogP contribution in [0.15, 0.2) is 102 Å². The summed E-state index contributed by atoms with van der Waals surface area (Å²) in [5.74, 6) is 0.688. The third kappa shape index (κ3) is 5.81. The standard InChI is InChI=1S/C32H36N2O2S4/c1-5-33-27-19-25(39-35-3)11-13-29(27)37-31(33)17-21-7-9-23-10-8-22(16-24(23)15-21)18-32-34(6-2)28-20-26(40-36-4)12-14-30(28)38-32/h11-20,23,31H,5-10H2,1-4H3/b21-17+,32-18+. The van der Waals surface area contributed by atoms with Gasteiger partial charge in [-0.1, -0.05) is 35.7 Å². The van der Waals surface area contributed by atoms with Crippen LogP contribution >= 0.6 is 47.6 Å². The maximum Gasteiger partial charge on any atom is 0.0988 e. The summed E-state index contributed by atoms with van der Waals surface area (Å²) in [6.07, 6.45) is 14.8. The first-order chi connectivity index (χ1) is 19.6. The molecule has 0 spiro atoms. The molecule has 6 rings (SSSR count). The van der Waals surface area contributed by atoms with Crippen molar-refractivity contribution in [1.29, 1.82) is 0 Å². The number of allylic oxidation sites excluding steroid dienone is 6. The molecule has 210 valence electrons. The van der Waals surface area contributed by atoms with Gasteiger partial charge in [-0.25, -0.2) is 0 Å². The van der Waals surface area contributed by atoms with Gasteiger partial charge in [0.25, 0.3) is 0 Å². The number of likely N-dealkylation sites (N-methyl/N-ethyl adjacent to an activating group) is 1. The first-order valence-corrected chi connectivity index (χ1v) is 17.2. The number of fused-ring (bicyclic) bond motifs is 3. The van der Waals surface area contributed by atoms with Crippen molar-refractivity contribution in [2.75, 3.05) is 37.1 Å². The minimum absolute atomic E-state index is 0.341. The molecule has 2 aromatic rings. The molecule has 0 saturated heterocycles. The summed E-state index contributed by atoms with van der Waals surface area (Å²) in [6.45, 7) is 6.44. The van der Waals surface area contributed by atoms with Crippen LogP contribution < -0.4 is 9.80 Å². The zero-order chi connectivity index (χ0) is 27.6. The molecule has 4 nitrogen and oxygen atoms in total. The second-order valence-electron chi connectivity index (χ2n) is 10.3. The number of thioether (sulfide) groups is 2. The number of anilines is 2. The maximum atomic E-state index is 5.30. The number of hydrogen-bond acceptors (Lipinski definition) is 8. The lowest BCUT2D eigenvalue weighted by Gasteiger charge is -2.30. The van der Waals surface area contributed by atoms with Gasteiger partial charge >= 0.3 is 0 Å². The van der Waals surface area contributed by atoms with Crippen molar-refractivity contribution in [3.63, 3.8) is 0 Å². The fraction of sp³-hybridized carbons (Fsp3) is 0.375. The van der Waals surface area contributed by atoms with Crippen LogP contribution in [0.2, 0.25) is 0 Å². The monoisotopic (exact) mass is 608 g/mol. The lowest BCUT2D eigenvalue weighted by molar-refractivity contribution is 0.489. The van der Waals surface area contributed by atoms with Crippen LogP contribution in [0.25, 0.3) is 0 Å². The summed E-state index contributed by atoms with van der Waals surface area (Å²) in [7, 11) is 3.45. The van der Waals surface area contributed by atoms with Crippen molar-refractivity contribution in [3.05, 3.63) is 82.5 Å². The largest absolute Gasteiger partial charge is 0.355 e. The van der Waals surface area contributed by atoms with Gasteiger partial charge in [0.15, 0.2) is 0 Å². The Labute approximate surface area is 256 Å². The smallest absolute Gasteiger partial charge is 0.0988 e. The Hall–Kier alpha value is -1.68. The second kappa shape index (κ2) is 12.7. The van der Waals surface area contributed by atoms with Crippen LogP contribution in [-0.2, 0) is 8.37 Å². The molecule has 2 aromatic carbocycles. The average molecular weight is 609 g/mol. The topological polar surface area (TPSA) is 24.9 Å². The molecule has 2 unspecified atom stereocenters. The molecule has 2 heterocycles. The lowest BCUT2D eigenvalue weighted by atomic mass is 9.77. The van der Waals surface area contributed by atoms with Crippen molar-refractivity contribution >= 4 is 59.0 Å². The van der Waals surface area contributed by atoms with Gasteiger partial charge in [0.05, 0.1) is 36.0 Å². The van der Waals surface area contributed by atoms with E-state index in [0.29, 0.717) is 11.3 Å². The Balaban J connectivity index is 1.23. The predicted molar refractivity (Wildman–Crippen MR) is 174 cm³/mol. The van der Waals surface area contributed by atoms with Crippen LogP contribution in [-0.4, -0.2) is 32.7 Å². The molecule has 0 fully saturated rings. The third-order valence-electron chi connectivity index (χ3n) is 7.92. The molecule has 0 amide bonds. The predicted octanol–water partition coefficient (Wildman–Crippen LogP) is 9.71. The average Bonchev–Trinajstić information content (AvgIpc) is 3.49. The first-order valence-electron chi connectivity index (χ1n) is 14.0. The fourth-order valence-electron chi connectivity index (χ4n) is 6.03. The molecule has 4 aliphatic rings. The van der Waals surface area contributed by atoms with E-state index in [4.69, 9.17) is 8.37 Å². The summed E-state index contributed by atoms with van der Waals surface area (Å²) >= 11 is 6.72. The van der Waals surface area contributed by atoms with E-state index in [1.165, 1.54) is 86.3 Å². The van der Waals surface area contributed by atoms with Crippen molar-refractivity contribution in [3.8, 4) is 0 Å². The maximum absolute atomic E-state index is 5.30. The highest BCUT2D eigenvalue weighted by Gasteiger charge is 2.30. The van der Waals surface area contributed by atoms with Gasteiger partial charge < -0.3 is 18.2 Å². The molecule has 0 saturated carbocycles. The Bertz CT molecular complexity index is 1400. The highest BCUT2D eigenvalue weighted by Crippen LogP contribution is 2.49. The molecule has 0 radical (unpaired) electrons. The number of rotatable bonds is 8. The van der Waals surface area contributed by atoms with Gasteiger partial charge in [-0.3, -0.25) is 0 Å². The van der Waals surface area contributed by atoms with Gasteiger partial charge in [-0.2, -0.15) is 0 Å². The molecule has 2 atom stereocenters. The number of nitrogens with zero attached hydrogens (tertiary/aromatic N) is 2. The van der Waals surface area contributed by atoms with Crippen LogP contribution in [0.1, 0.15) is 39.5 Å². The molecule has 2 aliphatic carbocycles.